The normalized spacial score (nSPS) is 13.6. The van der Waals surface area contributed by atoms with Crippen molar-refractivity contribution in [1.29, 1.82) is 0 Å². The number of nitrogens with zero attached hydrogens (tertiary/aromatic N) is 1. The van der Waals surface area contributed by atoms with E-state index >= 15 is 0 Å². The molecule has 2 atom stereocenters. The molecule has 0 saturated heterocycles. The van der Waals surface area contributed by atoms with Gasteiger partial charge in [-0.2, -0.15) is 0 Å². The molecule has 1 aromatic heterocycles. The Morgan fingerprint density at radius 1 is 1.08 bits per heavy atom. The molecule has 0 radical (unpaired) electrons. The number of benzene rings is 2. The number of rotatable bonds is 6. The summed E-state index contributed by atoms with van der Waals surface area (Å²) in [7, 11) is 0. The number of hydrogen-bond acceptors (Lipinski definition) is 5. The zero-order valence-corrected chi connectivity index (χ0v) is 13.7. The first-order chi connectivity index (χ1) is 11.6. The van der Waals surface area contributed by atoms with Crippen LogP contribution in [0.2, 0.25) is 0 Å². The van der Waals surface area contributed by atoms with Gasteiger partial charge in [-0.1, -0.05) is 42.5 Å². The number of aliphatic hydroxyl groups excluding tert-OH is 2. The number of thiazole rings is 1. The van der Waals surface area contributed by atoms with E-state index in [1.165, 1.54) is 11.3 Å². The average Bonchev–Trinajstić information content (AvgIpc) is 3.05. The van der Waals surface area contributed by atoms with Gasteiger partial charge in [0.2, 0.25) is 0 Å². The first kappa shape index (κ1) is 16.6. The summed E-state index contributed by atoms with van der Waals surface area (Å²) in [5, 5.41) is 23.3. The summed E-state index contributed by atoms with van der Waals surface area (Å²) in [6.45, 7) is 0.395. The van der Waals surface area contributed by atoms with E-state index in [0.29, 0.717) is 18.0 Å². The average molecular weight is 342 g/mol. The molecule has 3 N–H and O–H groups in total. The van der Waals surface area contributed by atoms with E-state index in [-0.39, 0.29) is 0 Å². The molecule has 3 aromatic rings. The molecule has 0 aliphatic rings. The second kappa shape index (κ2) is 7.53. The molecule has 1 heterocycles. The highest BCUT2D eigenvalue weighted by atomic mass is 32.1. The molecule has 1 amide bonds. The quantitative estimate of drug-likeness (QED) is 0.640. The summed E-state index contributed by atoms with van der Waals surface area (Å²) in [5.74, 6) is -0.599. The predicted octanol–water partition coefficient (Wildman–Crippen LogP) is 2.05. The fourth-order valence-corrected chi connectivity index (χ4v) is 3.36. The molecular weight excluding hydrogens is 324 g/mol. The van der Waals surface area contributed by atoms with Gasteiger partial charge < -0.3 is 15.5 Å². The van der Waals surface area contributed by atoms with Crippen LogP contribution in [0.25, 0.3) is 10.2 Å². The SMILES string of the molecule is O=C(NCCc1ccccc1)C(O)C(O)c1nc2ccccc2s1. The maximum absolute atomic E-state index is 12.0. The lowest BCUT2D eigenvalue weighted by atomic mass is 10.1. The number of hydrogen-bond donors (Lipinski definition) is 3. The first-order valence-corrected chi connectivity index (χ1v) is 8.50. The molecule has 0 aliphatic heterocycles. The first-order valence-electron chi connectivity index (χ1n) is 7.68. The fraction of sp³-hybridized carbons (Fsp3) is 0.222. The maximum atomic E-state index is 12.0. The maximum Gasteiger partial charge on any atom is 0.252 e. The fourth-order valence-electron chi connectivity index (χ4n) is 2.37. The van der Waals surface area contributed by atoms with Crippen LogP contribution in [0.15, 0.2) is 54.6 Å². The van der Waals surface area contributed by atoms with Crippen molar-refractivity contribution in [2.24, 2.45) is 0 Å². The van der Waals surface area contributed by atoms with Crippen LogP contribution in [0.3, 0.4) is 0 Å². The number of carbonyl (C=O) groups is 1. The van der Waals surface area contributed by atoms with Crippen LogP contribution in [0.5, 0.6) is 0 Å². The number of carbonyl (C=O) groups excluding carboxylic acids is 1. The summed E-state index contributed by atoms with van der Waals surface area (Å²) >= 11 is 1.27. The topological polar surface area (TPSA) is 82.5 Å². The third-order valence-corrected chi connectivity index (χ3v) is 4.79. The van der Waals surface area contributed by atoms with E-state index < -0.39 is 18.1 Å². The van der Waals surface area contributed by atoms with Gasteiger partial charge in [0.25, 0.3) is 5.91 Å². The molecule has 5 nitrogen and oxygen atoms in total. The van der Waals surface area contributed by atoms with Crippen molar-refractivity contribution in [1.82, 2.24) is 10.3 Å². The molecule has 2 aromatic carbocycles. The van der Waals surface area contributed by atoms with Crippen LogP contribution in [-0.4, -0.2) is 33.8 Å². The van der Waals surface area contributed by atoms with Crippen molar-refractivity contribution in [2.75, 3.05) is 6.54 Å². The summed E-state index contributed by atoms with van der Waals surface area (Å²) in [6.07, 6.45) is -2.21. The molecule has 3 rings (SSSR count). The Labute approximate surface area is 143 Å². The molecule has 0 spiro atoms. The zero-order valence-electron chi connectivity index (χ0n) is 12.9. The van der Waals surface area contributed by atoms with Gasteiger partial charge in [-0.15, -0.1) is 11.3 Å². The van der Waals surface area contributed by atoms with Crippen molar-refractivity contribution in [3.63, 3.8) is 0 Å². The number of aromatic nitrogens is 1. The summed E-state index contributed by atoms with van der Waals surface area (Å²) in [6, 6.07) is 17.2. The van der Waals surface area contributed by atoms with Crippen LogP contribution in [-0.2, 0) is 11.2 Å². The van der Waals surface area contributed by atoms with Crippen LogP contribution in [0.1, 0.15) is 16.7 Å². The number of para-hydroxylation sites is 1. The number of fused-ring (bicyclic) bond motifs is 1. The number of amides is 1. The highest BCUT2D eigenvalue weighted by Gasteiger charge is 2.28. The van der Waals surface area contributed by atoms with E-state index in [1.807, 2.05) is 54.6 Å². The molecule has 2 unspecified atom stereocenters. The van der Waals surface area contributed by atoms with Crippen LogP contribution < -0.4 is 5.32 Å². The lowest BCUT2D eigenvalue weighted by Gasteiger charge is -2.15. The van der Waals surface area contributed by atoms with Crippen LogP contribution in [0.4, 0.5) is 0 Å². The minimum atomic E-state index is -1.54. The Bertz CT molecular complexity index is 786. The molecule has 6 heteroatoms. The van der Waals surface area contributed by atoms with Crippen molar-refractivity contribution in [3.8, 4) is 0 Å². The van der Waals surface area contributed by atoms with Crippen molar-refractivity contribution in [2.45, 2.75) is 18.6 Å². The van der Waals surface area contributed by atoms with Crippen molar-refractivity contribution < 1.29 is 15.0 Å². The minimum Gasteiger partial charge on any atom is -0.383 e. The van der Waals surface area contributed by atoms with Crippen molar-refractivity contribution >= 4 is 27.5 Å². The highest BCUT2D eigenvalue weighted by molar-refractivity contribution is 7.18. The lowest BCUT2D eigenvalue weighted by molar-refractivity contribution is -0.135. The van der Waals surface area contributed by atoms with Gasteiger partial charge in [0.15, 0.2) is 6.10 Å². The Kier molecular flexibility index (Phi) is 5.20. The van der Waals surface area contributed by atoms with Gasteiger partial charge in [-0.05, 0) is 24.1 Å². The van der Waals surface area contributed by atoms with E-state index in [0.717, 1.165) is 15.8 Å². The smallest absolute Gasteiger partial charge is 0.252 e. The second-order valence-electron chi connectivity index (χ2n) is 5.44. The lowest BCUT2D eigenvalue weighted by Crippen LogP contribution is -2.39. The third kappa shape index (κ3) is 3.79. The van der Waals surface area contributed by atoms with E-state index in [1.54, 1.807) is 0 Å². The van der Waals surface area contributed by atoms with Gasteiger partial charge in [0.05, 0.1) is 10.2 Å². The monoisotopic (exact) mass is 342 g/mol. The summed E-state index contributed by atoms with van der Waals surface area (Å²) in [4.78, 5) is 16.3. The van der Waals surface area contributed by atoms with E-state index in [2.05, 4.69) is 10.3 Å². The van der Waals surface area contributed by atoms with Gasteiger partial charge in [0, 0.05) is 6.54 Å². The Morgan fingerprint density at radius 2 is 1.79 bits per heavy atom. The predicted molar refractivity (Wildman–Crippen MR) is 93.7 cm³/mol. The summed E-state index contributed by atoms with van der Waals surface area (Å²) < 4.78 is 0.906. The molecule has 124 valence electrons. The van der Waals surface area contributed by atoms with Gasteiger partial charge >= 0.3 is 0 Å². The highest BCUT2D eigenvalue weighted by Crippen LogP contribution is 2.27. The van der Waals surface area contributed by atoms with E-state index in [4.69, 9.17) is 0 Å². The molecule has 0 fully saturated rings. The van der Waals surface area contributed by atoms with E-state index in [9.17, 15) is 15.0 Å². The van der Waals surface area contributed by atoms with Gasteiger partial charge in [-0.3, -0.25) is 4.79 Å². The largest absolute Gasteiger partial charge is 0.383 e. The van der Waals surface area contributed by atoms with Gasteiger partial charge in [0.1, 0.15) is 11.1 Å². The zero-order chi connectivity index (χ0) is 16.9. The number of nitrogens with one attached hydrogen (secondary N) is 1. The Balaban J connectivity index is 1.58. The third-order valence-electron chi connectivity index (χ3n) is 3.69. The molecule has 0 bridgehead atoms. The summed E-state index contributed by atoms with van der Waals surface area (Å²) in [5.41, 5.74) is 1.84. The van der Waals surface area contributed by atoms with Crippen molar-refractivity contribution in [3.05, 3.63) is 65.2 Å². The number of aliphatic hydroxyl groups is 2. The minimum absolute atomic E-state index is 0.335. The van der Waals surface area contributed by atoms with Crippen LogP contribution in [0, 0.1) is 0 Å². The standard InChI is InChI=1S/C18H18N2O3S/c21-15(17(23)19-11-10-12-6-2-1-3-7-12)16(22)18-20-13-8-4-5-9-14(13)24-18/h1-9,15-16,21-22H,10-11H2,(H,19,23). The van der Waals surface area contributed by atoms with Crippen LogP contribution >= 0.6 is 11.3 Å². The van der Waals surface area contributed by atoms with Gasteiger partial charge in [-0.25, -0.2) is 4.98 Å². The molecule has 0 aliphatic carbocycles. The molecule has 24 heavy (non-hydrogen) atoms. The molecule has 0 saturated carbocycles. The Morgan fingerprint density at radius 3 is 2.54 bits per heavy atom. The second-order valence-corrected chi connectivity index (χ2v) is 6.50. The molecular formula is C18H18N2O3S. The Hall–Kier alpha value is -2.28.